The molecule has 1 heterocycles. The first-order valence-corrected chi connectivity index (χ1v) is 11.6. The minimum absolute atomic E-state index is 0.0205. The lowest BCUT2D eigenvalue weighted by Crippen LogP contribution is -2.45. The van der Waals surface area contributed by atoms with Gasteiger partial charge in [-0.3, -0.25) is 4.79 Å². The Kier molecular flexibility index (Phi) is 7.40. The Bertz CT molecular complexity index is 1080. The van der Waals surface area contributed by atoms with Crippen LogP contribution in [0, 0.1) is 0 Å². The van der Waals surface area contributed by atoms with Crippen molar-refractivity contribution >= 4 is 17.6 Å². The Morgan fingerprint density at radius 3 is 2.21 bits per heavy atom. The molecule has 33 heavy (non-hydrogen) atoms. The van der Waals surface area contributed by atoms with Gasteiger partial charge in [-0.1, -0.05) is 86.1 Å². The van der Waals surface area contributed by atoms with Crippen molar-refractivity contribution in [3.63, 3.8) is 0 Å². The number of anilines is 1. The summed E-state index contributed by atoms with van der Waals surface area (Å²) in [7, 11) is 1.64. The molecule has 3 aromatic rings. The van der Waals surface area contributed by atoms with E-state index in [2.05, 4.69) is 24.0 Å². The summed E-state index contributed by atoms with van der Waals surface area (Å²) in [4.78, 5) is 22.7. The zero-order valence-corrected chi connectivity index (χ0v) is 19.4. The average molecular weight is 442 g/mol. The summed E-state index contributed by atoms with van der Waals surface area (Å²) in [5.41, 5.74) is 3.02. The van der Waals surface area contributed by atoms with Crippen LogP contribution in [-0.4, -0.2) is 36.5 Å². The maximum atomic E-state index is 13.7. The first-order valence-electron chi connectivity index (χ1n) is 11.6. The second-order valence-corrected chi connectivity index (χ2v) is 8.24. The number of ether oxygens (including phenoxy) is 1. The number of guanidine groups is 1. The fraction of sp³-hybridized carbons (Fsp3) is 0.286. The van der Waals surface area contributed by atoms with Gasteiger partial charge in [0, 0.05) is 19.5 Å². The number of benzene rings is 3. The van der Waals surface area contributed by atoms with Gasteiger partial charge in [0.05, 0.1) is 12.8 Å². The minimum atomic E-state index is -0.466. The van der Waals surface area contributed by atoms with Crippen molar-refractivity contribution in [3.8, 4) is 5.75 Å². The van der Waals surface area contributed by atoms with Crippen LogP contribution >= 0.6 is 0 Å². The summed E-state index contributed by atoms with van der Waals surface area (Å²) in [6.45, 7) is 3.69. The van der Waals surface area contributed by atoms with E-state index in [0.29, 0.717) is 24.7 Å². The molecule has 0 N–H and O–H groups in total. The lowest BCUT2D eigenvalue weighted by Gasteiger charge is -2.30. The van der Waals surface area contributed by atoms with Crippen LogP contribution in [0.5, 0.6) is 5.75 Å². The quantitative estimate of drug-likeness (QED) is 0.452. The molecule has 1 atom stereocenters. The molecule has 0 radical (unpaired) electrons. The van der Waals surface area contributed by atoms with Crippen LogP contribution in [0.2, 0.25) is 0 Å². The second-order valence-electron chi connectivity index (χ2n) is 8.24. The molecule has 0 saturated carbocycles. The molecule has 5 heteroatoms. The van der Waals surface area contributed by atoms with E-state index < -0.39 is 6.04 Å². The molecule has 0 bridgehead atoms. The van der Waals surface area contributed by atoms with Crippen molar-refractivity contribution < 1.29 is 9.53 Å². The van der Waals surface area contributed by atoms with E-state index in [0.717, 1.165) is 30.6 Å². The van der Waals surface area contributed by atoms with Gasteiger partial charge in [-0.25, -0.2) is 9.89 Å². The van der Waals surface area contributed by atoms with Crippen LogP contribution in [0.15, 0.2) is 89.9 Å². The highest BCUT2D eigenvalue weighted by molar-refractivity contribution is 6.22. The highest BCUT2D eigenvalue weighted by Gasteiger charge is 2.39. The molecule has 4 rings (SSSR count). The summed E-state index contributed by atoms with van der Waals surface area (Å²) >= 11 is 0. The largest absolute Gasteiger partial charge is 0.495 e. The first kappa shape index (κ1) is 22.6. The Balaban J connectivity index is 1.73. The Labute approximate surface area is 196 Å². The third-order valence-corrected chi connectivity index (χ3v) is 5.86. The lowest BCUT2D eigenvalue weighted by atomic mass is 10.1. The fourth-order valence-corrected chi connectivity index (χ4v) is 4.14. The molecular weight excluding hydrogens is 410 g/mol. The van der Waals surface area contributed by atoms with Gasteiger partial charge < -0.3 is 9.64 Å². The standard InChI is InChI=1S/C28H31N3O2/c1-3-4-19-30(21-23-15-9-6-10-16-23)28-29-24(20-22-13-7-5-8-14-22)27(32)31(28)25-17-11-12-18-26(25)33-2/h5-18,24H,3-4,19-21H2,1-2H3. The topological polar surface area (TPSA) is 45.1 Å². The molecule has 5 nitrogen and oxygen atoms in total. The van der Waals surface area contributed by atoms with Crippen molar-refractivity contribution in [2.75, 3.05) is 18.6 Å². The van der Waals surface area contributed by atoms with Crippen molar-refractivity contribution in [3.05, 3.63) is 96.1 Å². The van der Waals surface area contributed by atoms with E-state index in [9.17, 15) is 4.79 Å². The van der Waals surface area contributed by atoms with Gasteiger partial charge in [0.1, 0.15) is 11.8 Å². The zero-order valence-electron chi connectivity index (χ0n) is 19.4. The average Bonchev–Trinajstić information content (AvgIpc) is 3.18. The van der Waals surface area contributed by atoms with Crippen LogP contribution in [-0.2, 0) is 17.8 Å². The zero-order chi connectivity index (χ0) is 23.0. The Morgan fingerprint density at radius 2 is 1.55 bits per heavy atom. The van der Waals surface area contributed by atoms with Crippen molar-refractivity contribution in [2.45, 2.75) is 38.8 Å². The van der Waals surface area contributed by atoms with Gasteiger partial charge in [0.25, 0.3) is 5.91 Å². The molecular formula is C28H31N3O2. The van der Waals surface area contributed by atoms with E-state index in [1.807, 2.05) is 72.8 Å². The number of hydrogen-bond acceptors (Lipinski definition) is 4. The van der Waals surface area contributed by atoms with Crippen LogP contribution in [0.25, 0.3) is 0 Å². The molecule has 3 aromatic carbocycles. The number of nitrogens with zero attached hydrogens (tertiary/aromatic N) is 3. The van der Waals surface area contributed by atoms with E-state index in [1.54, 1.807) is 12.0 Å². The molecule has 1 aliphatic heterocycles. The molecule has 0 spiro atoms. The number of aliphatic imine (C=N–C) groups is 1. The van der Waals surface area contributed by atoms with Crippen LogP contribution in [0.3, 0.4) is 0 Å². The van der Waals surface area contributed by atoms with Crippen LogP contribution in [0.4, 0.5) is 5.69 Å². The molecule has 1 amide bonds. The van der Waals surface area contributed by atoms with Crippen molar-refractivity contribution in [2.24, 2.45) is 4.99 Å². The SMILES string of the molecule is CCCCN(Cc1ccccc1)C1=NC(Cc2ccccc2)C(=O)N1c1ccccc1OC. The molecule has 1 aliphatic rings. The maximum Gasteiger partial charge on any atom is 0.259 e. The molecule has 0 aromatic heterocycles. The van der Waals surface area contributed by atoms with E-state index in [-0.39, 0.29) is 5.91 Å². The summed E-state index contributed by atoms with van der Waals surface area (Å²) < 4.78 is 5.62. The number of amides is 1. The Hall–Kier alpha value is -3.60. The molecule has 1 unspecified atom stereocenters. The summed E-state index contributed by atoms with van der Waals surface area (Å²) in [5.74, 6) is 1.34. The molecule has 0 aliphatic carbocycles. The highest BCUT2D eigenvalue weighted by atomic mass is 16.5. The van der Waals surface area contributed by atoms with Gasteiger partial charge in [0.15, 0.2) is 0 Å². The van der Waals surface area contributed by atoms with Gasteiger partial charge >= 0.3 is 0 Å². The second kappa shape index (κ2) is 10.8. The molecule has 0 saturated heterocycles. The number of hydrogen-bond donors (Lipinski definition) is 0. The third-order valence-electron chi connectivity index (χ3n) is 5.86. The normalized spacial score (nSPS) is 15.5. The fourth-order valence-electron chi connectivity index (χ4n) is 4.14. The maximum absolute atomic E-state index is 13.7. The van der Waals surface area contributed by atoms with E-state index in [1.165, 1.54) is 5.56 Å². The van der Waals surface area contributed by atoms with Crippen molar-refractivity contribution in [1.29, 1.82) is 0 Å². The first-order chi connectivity index (χ1) is 16.2. The number of para-hydroxylation sites is 2. The number of unbranched alkanes of at least 4 members (excludes halogenated alkanes) is 1. The lowest BCUT2D eigenvalue weighted by molar-refractivity contribution is -0.118. The predicted octanol–water partition coefficient (Wildman–Crippen LogP) is 5.31. The number of carbonyl (C=O) groups is 1. The van der Waals surface area contributed by atoms with Gasteiger partial charge in [0.2, 0.25) is 5.96 Å². The predicted molar refractivity (Wildman–Crippen MR) is 134 cm³/mol. The molecule has 170 valence electrons. The number of carbonyl (C=O) groups excluding carboxylic acids is 1. The summed E-state index contributed by atoms with van der Waals surface area (Å²) in [5, 5.41) is 0. The van der Waals surface area contributed by atoms with Crippen LogP contribution in [0.1, 0.15) is 30.9 Å². The summed E-state index contributed by atoms with van der Waals surface area (Å²) in [6.07, 6.45) is 2.65. The van der Waals surface area contributed by atoms with Crippen LogP contribution < -0.4 is 9.64 Å². The number of methoxy groups -OCH3 is 1. The Morgan fingerprint density at radius 1 is 0.909 bits per heavy atom. The monoisotopic (exact) mass is 441 g/mol. The smallest absolute Gasteiger partial charge is 0.259 e. The highest BCUT2D eigenvalue weighted by Crippen LogP contribution is 2.33. The van der Waals surface area contributed by atoms with E-state index >= 15 is 0 Å². The minimum Gasteiger partial charge on any atom is -0.495 e. The van der Waals surface area contributed by atoms with E-state index in [4.69, 9.17) is 9.73 Å². The van der Waals surface area contributed by atoms with Gasteiger partial charge in [-0.15, -0.1) is 0 Å². The van der Waals surface area contributed by atoms with Gasteiger partial charge in [-0.2, -0.15) is 0 Å². The van der Waals surface area contributed by atoms with Crippen molar-refractivity contribution in [1.82, 2.24) is 4.90 Å². The summed E-state index contributed by atoms with van der Waals surface area (Å²) in [6, 6.07) is 27.6. The number of rotatable bonds is 9. The van der Waals surface area contributed by atoms with Gasteiger partial charge in [-0.05, 0) is 29.7 Å². The third kappa shape index (κ3) is 5.25. The molecule has 0 fully saturated rings.